The number of amides is 2. The van der Waals surface area contributed by atoms with Crippen LogP contribution >= 0.6 is 0 Å². The first-order valence-electron chi connectivity index (χ1n) is 3.77. The highest BCUT2D eigenvalue weighted by molar-refractivity contribution is 5.76. The largest absolute Gasteiger partial charge is 0.359 e. The van der Waals surface area contributed by atoms with Gasteiger partial charge in [0.1, 0.15) is 0 Å². The maximum atomic E-state index is 10.8. The van der Waals surface area contributed by atoms with E-state index >= 15 is 0 Å². The lowest BCUT2D eigenvalue weighted by molar-refractivity contribution is -0.122. The molecule has 5 heteroatoms. The van der Waals surface area contributed by atoms with Crippen LogP contribution in [0.25, 0.3) is 0 Å². The van der Waals surface area contributed by atoms with Gasteiger partial charge in [0.25, 0.3) is 0 Å². The van der Waals surface area contributed by atoms with Crippen LogP contribution in [-0.2, 0) is 9.59 Å². The van der Waals surface area contributed by atoms with Gasteiger partial charge in [0.05, 0.1) is 0 Å². The zero-order valence-corrected chi connectivity index (χ0v) is 7.39. The summed E-state index contributed by atoms with van der Waals surface area (Å²) < 4.78 is 0. The van der Waals surface area contributed by atoms with Crippen LogP contribution in [0.2, 0.25) is 0 Å². The summed E-state index contributed by atoms with van der Waals surface area (Å²) in [6.45, 7) is 1.75. The van der Waals surface area contributed by atoms with E-state index in [2.05, 4.69) is 10.6 Å². The molecule has 0 aliphatic rings. The highest BCUT2D eigenvalue weighted by Crippen LogP contribution is 1.85. The molecule has 0 radical (unpaired) electrons. The Balaban J connectivity index is 3.52. The van der Waals surface area contributed by atoms with Crippen molar-refractivity contribution in [2.75, 3.05) is 13.6 Å². The number of nitrogens with one attached hydrogen (secondary N) is 2. The minimum atomic E-state index is -0.311. The quantitative estimate of drug-likeness (QED) is 0.488. The van der Waals surface area contributed by atoms with Crippen LogP contribution in [0, 0.1) is 0 Å². The number of carbonyl (C=O) groups excluding carboxylic acids is 2. The van der Waals surface area contributed by atoms with E-state index in [4.69, 9.17) is 5.73 Å². The minimum Gasteiger partial charge on any atom is -0.359 e. The molecular weight excluding hydrogens is 158 g/mol. The van der Waals surface area contributed by atoms with Crippen LogP contribution in [0.5, 0.6) is 0 Å². The average Bonchev–Trinajstić information content (AvgIpc) is 2.00. The summed E-state index contributed by atoms with van der Waals surface area (Å²) in [5, 5.41) is 4.98. The molecule has 0 aromatic carbocycles. The van der Waals surface area contributed by atoms with E-state index in [-0.39, 0.29) is 24.3 Å². The Morgan fingerprint density at radius 1 is 1.50 bits per heavy atom. The van der Waals surface area contributed by atoms with E-state index in [1.54, 1.807) is 7.05 Å². The second-order valence-corrected chi connectivity index (χ2v) is 2.57. The molecular formula is C7H15N3O2. The van der Waals surface area contributed by atoms with Crippen LogP contribution in [0.4, 0.5) is 0 Å². The molecule has 0 aromatic rings. The first-order valence-corrected chi connectivity index (χ1v) is 3.77. The van der Waals surface area contributed by atoms with Crippen molar-refractivity contribution in [3.63, 3.8) is 0 Å². The number of hydrogen-bond acceptors (Lipinski definition) is 3. The third-order valence-corrected chi connectivity index (χ3v) is 1.34. The number of nitrogens with two attached hydrogens (primary N) is 1. The van der Waals surface area contributed by atoms with Gasteiger partial charge in [-0.05, 0) is 0 Å². The number of rotatable bonds is 4. The molecule has 5 nitrogen and oxygen atoms in total. The van der Waals surface area contributed by atoms with Crippen LogP contribution in [0.15, 0.2) is 0 Å². The number of hydrogen-bond donors (Lipinski definition) is 3. The van der Waals surface area contributed by atoms with E-state index in [1.165, 1.54) is 6.92 Å². The summed E-state index contributed by atoms with van der Waals surface area (Å²) in [5.74, 6) is -0.254. The minimum absolute atomic E-state index is 0.118. The van der Waals surface area contributed by atoms with Crippen LogP contribution in [0.1, 0.15) is 13.3 Å². The second kappa shape index (κ2) is 5.54. The molecule has 12 heavy (non-hydrogen) atoms. The van der Waals surface area contributed by atoms with E-state index in [9.17, 15) is 9.59 Å². The molecule has 0 bridgehead atoms. The van der Waals surface area contributed by atoms with Crippen molar-refractivity contribution in [1.82, 2.24) is 10.6 Å². The van der Waals surface area contributed by atoms with E-state index in [1.807, 2.05) is 0 Å². The van der Waals surface area contributed by atoms with Crippen molar-refractivity contribution in [2.45, 2.75) is 19.4 Å². The maximum absolute atomic E-state index is 10.8. The molecule has 0 aliphatic carbocycles. The lowest BCUT2D eigenvalue weighted by Crippen LogP contribution is -2.39. The molecule has 0 fully saturated rings. The third-order valence-electron chi connectivity index (χ3n) is 1.34. The summed E-state index contributed by atoms with van der Waals surface area (Å²) in [4.78, 5) is 21.2. The van der Waals surface area contributed by atoms with Crippen LogP contribution in [-0.4, -0.2) is 31.4 Å². The van der Waals surface area contributed by atoms with Crippen molar-refractivity contribution in [1.29, 1.82) is 0 Å². The zero-order valence-electron chi connectivity index (χ0n) is 7.39. The Hall–Kier alpha value is -1.10. The predicted octanol–water partition coefficient (Wildman–Crippen LogP) is -1.41. The highest BCUT2D eigenvalue weighted by atomic mass is 16.2. The summed E-state index contributed by atoms with van der Waals surface area (Å²) in [6.07, 6.45) is 0.233. The smallest absolute Gasteiger partial charge is 0.221 e. The van der Waals surface area contributed by atoms with Gasteiger partial charge in [-0.25, -0.2) is 0 Å². The lowest BCUT2D eigenvalue weighted by atomic mass is 10.2. The third kappa shape index (κ3) is 5.67. The predicted molar refractivity (Wildman–Crippen MR) is 45.3 cm³/mol. The Bertz CT molecular complexity index is 170. The molecule has 0 rings (SSSR count). The van der Waals surface area contributed by atoms with E-state index < -0.39 is 0 Å². The lowest BCUT2D eigenvalue weighted by Gasteiger charge is -2.10. The second-order valence-electron chi connectivity index (χ2n) is 2.57. The first kappa shape index (κ1) is 10.9. The highest BCUT2D eigenvalue weighted by Gasteiger charge is 2.07. The Morgan fingerprint density at radius 3 is 2.50 bits per heavy atom. The van der Waals surface area contributed by atoms with Crippen molar-refractivity contribution in [2.24, 2.45) is 5.73 Å². The Kier molecular flexibility index (Phi) is 5.03. The van der Waals surface area contributed by atoms with E-state index in [0.717, 1.165) is 0 Å². The molecule has 0 aromatic heterocycles. The normalized spacial score (nSPS) is 11.9. The number of carbonyl (C=O) groups is 2. The molecule has 1 atom stereocenters. The standard InChI is InChI=1S/C7H15N3O2/c1-5(11)10-4-6(8)3-7(12)9-2/h6H,3-4,8H2,1-2H3,(H,9,12)(H,10,11)/t6-/m0/s1. The van der Waals surface area contributed by atoms with Crippen LogP contribution < -0.4 is 16.4 Å². The van der Waals surface area contributed by atoms with Gasteiger partial charge in [-0.3, -0.25) is 9.59 Å². The molecule has 2 amide bonds. The molecule has 0 unspecified atom stereocenters. The van der Waals surface area contributed by atoms with Gasteiger partial charge in [-0.1, -0.05) is 0 Å². The summed E-state index contributed by atoms with van der Waals surface area (Å²) in [6, 6.07) is -0.311. The van der Waals surface area contributed by atoms with Gasteiger partial charge in [0.2, 0.25) is 11.8 Å². The Morgan fingerprint density at radius 2 is 2.08 bits per heavy atom. The molecule has 70 valence electrons. The van der Waals surface area contributed by atoms with Gasteiger partial charge in [-0.2, -0.15) is 0 Å². The molecule has 4 N–H and O–H groups in total. The van der Waals surface area contributed by atoms with Gasteiger partial charge in [0, 0.05) is 33.0 Å². The molecule has 0 aliphatic heterocycles. The fourth-order valence-electron chi connectivity index (χ4n) is 0.687. The maximum Gasteiger partial charge on any atom is 0.221 e. The van der Waals surface area contributed by atoms with Crippen molar-refractivity contribution in [3.8, 4) is 0 Å². The summed E-state index contributed by atoms with van der Waals surface area (Å²) in [7, 11) is 1.55. The summed E-state index contributed by atoms with van der Waals surface area (Å²) in [5.41, 5.74) is 5.52. The van der Waals surface area contributed by atoms with Gasteiger partial charge in [-0.15, -0.1) is 0 Å². The van der Waals surface area contributed by atoms with Crippen molar-refractivity contribution in [3.05, 3.63) is 0 Å². The Labute approximate surface area is 71.7 Å². The zero-order chi connectivity index (χ0) is 9.56. The van der Waals surface area contributed by atoms with Crippen LogP contribution in [0.3, 0.4) is 0 Å². The average molecular weight is 173 g/mol. The molecule has 0 saturated heterocycles. The monoisotopic (exact) mass is 173 g/mol. The van der Waals surface area contributed by atoms with Crippen molar-refractivity contribution < 1.29 is 9.59 Å². The fraction of sp³-hybridized carbons (Fsp3) is 0.714. The SMILES string of the molecule is CNC(=O)C[C@H](N)CNC(C)=O. The fourth-order valence-corrected chi connectivity index (χ4v) is 0.687. The first-order chi connectivity index (χ1) is 5.56. The molecule has 0 spiro atoms. The molecule has 0 heterocycles. The molecule has 0 saturated carbocycles. The van der Waals surface area contributed by atoms with Gasteiger partial charge >= 0.3 is 0 Å². The topological polar surface area (TPSA) is 84.2 Å². The van der Waals surface area contributed by atoms with E-state index in [0.29, 0.717) is 6.54 Å². The van der Waals surface area contributed by atoms with Gasteiger partial charge < -0.3 is 16.4 Å². The van der Waals surface area contributed by atoms with Crippen molar-refractivity contribution >= 4 is 11.8 Å². The summed E-state index contributed by atoms with van der Waals surface area (Å²) >= 11 is 0. The van der Waals surface area contributed by atoms with Gasteiger partial charge in [0.15, 0.2) is 0 Å².